The van der Waals surface area contributed by atoms with Gasteiger partial charge in [-0.05, 0) is 35.8 Å². The van der Waals surface area contributed by atoms with Gasteiger partial charge in [-0.1, -0.05) is 42.5 Å². The molecule has 0 fully saturated rings. The van der Waals surface area contributed by atoms with Crippen LogP contribution in [0.3, 0.4) is 0 Å². The summed E-state index contributed by atoms with van der Waals surface area (Å²) in [5, 5.41) is 12.3. The number of rotatable bonds is 6. The van der Waals surface area contributed by atoms with E-state index in [1.807, 2.05) is 36.4 Å². The molecule has 25 heavy (non-hydrogen) atoms. The molecule has 5 heteroatoms. The topological polar surface area (TPSA) is 61.9 Å². The Morgan fingerprint density at radius 2 is 1.84 bits per heavy atom. The van der Waals surface area contributed by atoms with E-state index in [0.29, 0.717) is 18.3 Å². The van der Waals surface area contributed by atoms with Crippen molar-refractivity contribution >= 4 is 18.0 Å². The molecule has 0 spiro atoms. The zero-order chi connectivity index (χ0) is 17.5. The average Bonchev–Trinajstić information content (AvgIpc) is 3.04. The van der Waals surface area contributed by atoms with Crippen LogP contribution in [0.25, 0.3) is 12.2 Å². The molecule has 0 aliphatic rings. The van der Waals surface area contributed by atoms with E-state index in [-0.39, 0.29) is 11.5 Å². The predicted octanol–water partition coefficient (Wildman–Crippen LogP) is 4.51. The summed E-state index contributed by atoms with van der Waals surface area (Å²) < 4.78 is 18.5. The Bertz CT molecular complexity index is 893. The fourth-order valence-electron chi connectivity index (χ4n) is 2.31. The minimum Gasteiger partial charge on any atom is -0.420 e. The Labute approximate surface area is 145 Å². The van der Waals surface area contributed by atoms with Gasteiger partial charge in [0, 0.05) is 12.6 Å². The van der Waals surface area contributed by atoms with Crippen LogP contribution in [0.4, 0.5) is 10.3 Å². The Morgan fingerprint density at radius 3 is 2.56 bits per heavy atom. The van der Waals surface area contributed by atoms with Gasteiger partial charge in [0.25, 0.3) is 0 Å². The van der Waals surface area contributed by atoms with E-state index < -0.39 is 0 Å². The maximum absolute atomic E-state index is 12.9. The molecule has 1 aromatic heterocycles. The second-order valence-corrected chi connectivity index (χ2v) is 5.39. The van der Waals surface area contributed by atoms with Crippen LogP contribution in [-0.4, -0.2) is 11.5 Å². The normalized spacial score (nSPS) is 10.7. The molecule has 0 aliphatic carbocycles. The minimum absolute atomic E-state index is 0.215. The van der Waals surface area contributed by atoms with Crippen molar-refractivity contribution in [2.45, 2.75) is 6.42 Å². The molecule has 3 rings (SSSR count). The van der Waals surface area contributed by atoms with Gasteiger partial charge >= 0.3 is 0 Å². The fourth-order valence-corrected chi connectivity index (χ4v) is 2.31. The molecule has 1 N–H and O–H groups in total. The largest absolute Gasteiger partial charge is 0.420 e. The summed E-state index contributed by atoms with van der Waals surface area (Å²) in [7, 11) is 0. The Morgan fingerprint density at radius 1 is 1.08 bits per heavy atom. The van der Waals surface area contributed by atoms with E-state index in [9.17, 15) is 9.65 Å². The van der Waals surface area contributed by atoms with Gasteiger partial charge in [-0.2, -0.15) is 10.2 Å². The van der Waals surface area contributed by atoms with Crippen LogP contribution in [0.1, 0.15) is 22.7 Å². The van der Waals surface area contributed by atoms with Crippen LogP contribution in [0.5, 0.6) is 0 Å². The van der Waals surface area contributed by atoms with Crippen molar-refractivity contribution in [2.75, 3.05) is 11.9 Å². The highest BCUT2D eigenvalue weighted by Crippen LogP contribution is 2.18. The monoisotopic (exact) mass is 333 g/mol. The van der Waals surface area contributed by atoms with Crippen molar-refractivity contribution in [3.8, 4) is 6.07 Å². The standard InChI is InChI=1S/C20H16FN3O/c21-17-9-6-16(7-10-17)8-11-19-24-18(14-22)20(25-19)23-13-12-15-4-2-1-3-5-15/h1-11,23H,12-13H2/b11-8+. The molecular formula is C20H16FN3O. The molecule has 0 amide bonds. The van der Waals surface area contributed by atoms with Gasteiger partial charge in [0.1, 0.15) is 11.9 Å². The van der Waals surface area contributed by atoms with Gasteiger partial charge < -0.3 is 9.73 Å². The number of benzene rings is 2. The van der Waals surface area contributed by atoms with E-state index in [2.05, 4.69) is 10.3 Å². The van der Waals surface area contributed by atoms with E-state index >= 15 is 0 Å². The maximum Gasteiger partial charge on any atom is 0.232 e. The smallest absolute Gasteiger partial charge is 0.232 e. The first-order valence-electron chi connectivity index (χ1n) is 7.87. The third kappa shape index (κ3) is 4.55. The van der Waals surface area contributed by atoms with Gasteiger partial charge in [0.15, 0.2) is 0 Å². The number of aromatic nitrogens is 1. The fraction of sp³-hybridized carbons (Fsp3) is 0.100. The van der Waals surface area contributed by atoms with Crippen LogP contribution in [-0.2, 0) is 6.42 Å². The second-order valence-electron chi connectivity index (χ2n) is 5.39. The van der Waals surface area contributed by atoms with E-state index in [1.165, 1.54) is 17.7 Å². The summed E-state index contributed by atoms with van der Waals surface area (Å²) in [5.74, 6) is 0.394. The number of halogens is 1. The van der Waals surface area contributed by atoms with E-state index in [1.54, 1.807) is 24.3 Å². The summed E-state index contributed by atoms with van der Waals surface area (Å²) in [5.41, 5.74) is 2.23. The van der Waals surface area contributed by atoms with Crippen molar-refractivity contribution in [3.05, 3.63) is 83.1 Å². The third-order valence-electron chi connectivity index (χ3n) is 3.58. The first kappa shape index (κ1) is 16.5. The minimum atomic E-state index is -0.287. The molecule has 2 aromatic carbocycles. The number of hydrogen-bond donors (Lipinski definition) is 1. The van der Waals surface area contributed by atoms with E-state index in [4.69, 9.17) is 4.42 Å². The number of nitrogens with zero attached hydrogens (tertiary/aromatic N) is 2. The number of hydrogen-bond acceptors (Lipinski definition) is 4. The molecule has 0 saturated heterocycles. The molecule has 0 saturated carbocycles. The van der Waals surface area contributed by atoms with Gasteiger partial charge in [-0.15, -0.1) is 0 Å². The average molecular weight is 333 g/mol. The molecule has 124 valence electrons. The summed E-state index contributed by atoms with van der Waals surface area (Å²) in [6.45, 7) is 0.634. The Balaban J connectivity index is 1.65. The van der Waals surface area contributed by atoms with Gasteiger partial charge in [-0.3, -0.25) is 0 Å². The quantitative estimate of drug-likeness (QED) is 0.721. The lowest BCUT2D eigenvalue weighted by Crippen LogP contribution is -2.05. The van der Waals surface area contributed by atoms with Crippen LogP contribution >= 0.6 is 0 Å². The molecule has 0 atom stereocenters. The molecule has 4 nitrogen and oxygen atoms in total. The summed E-state index contributed by atoms with van der Waals surface area (Å²) >= 11 is 0. The van der Waals surface area contributed by atoms with Gasteiger partial charge in [0.05, 0.1) is 0 Å². The van der Waals surface area contributed by atoms with Crippen LogP contribution in [0.2, 0.25) is 0 Å². The maximum atomic E-state index is 12.9. The first-order chi connectivity index (χ1) is 12.2. The molecule has 0 aliphatic heterocycles. The number of nitriles is 1. The van der Waals surface area contributed by atoms with Crippen LogP contribution < -0.4 is 5.32 Å². The second kappa shape index (κ2) is 7.93. The van der Waals surface area contributed by atoms with Crippen LogP contribution in [0, 0.1) is 17.1 Å². The zero-order valence-corrected chi connectivity index (χ0v) is 13.4. The van der Waals surface area contributed by atoms with Crippen molar-refractivity contribution in [2.24, 2.45) is 0 Å². The predicted molar refractivity (Wildman–Crippen MR) is 95.2 cm³/mol. The highest BCUT2D eigenvalue weighted by molar-refractivity contribution is 5.67. The summed E-state index contributed by atoms with van der Waals surface area (Å²) in [4.78, 5) is 4.14. The molecule has 0 unspecified atom stereocenters. The summed E-state index contributed by atoms with van der Waals surface area (Å²) in [6.07, 6.45) is 4.21. The molecular weight excluding hydrogens is 317 g/mol. The van der Waals surface area contributed by atoms with Crippen LogP contribution in [0.15, 0.2) is 59.0 Å². The number of oxazole rings is 1. The lowest BCUT2D eigenvalue weighted by Gasteiger charge is -2.02. The van der Waals surface area contributed by atoms with Crippen molar-refractivity contribution < 1.29 is 8.81 Å². The van der Waals surface area contributed by atoms with Crippen molar-refractivity contribution in [1.29, 1.82) is 5.26 Å². The molecule has 0 radical (unpaired) electrons. The number of anilines is 1. The van der Waals surface area contributed by atoms with Gasteiger partial charge in [-0.25, -0.2) is 4.39 Å². The van der Waals surface area contributed by atoms with E-state index in [0.717, 1.165) is 12.0 Å². The summed E-state index contributed by atoms with van der Waals surface area (Å²) in [6, 6.07) is 18.1. The molecule has 0 bridgehead atoms. The zero-order valence-electron chi connectivity index (χ0n) is 13.4. The number of nitrogens with one attached hydrogen (secondary N) is 1. The highest BCUT2D eigenvalue weighted by atomic mass is 19.1. The molecule has 1 heterocycles. The SMILES string of the molecule is N#Cc1nc(/C=C/c2ccc(F)cc2)oc1NCCc1ccccc1. The third-order valence-corrected chi connectivity index (χ3v) is 3.58. The Kier molecular flexibility index (Phi) is 5.22. The Hall–Kier alpha value is -3.39. The van der Waals surface area contributed by atoms with Crippen molar-refractivity contribution in [1.82, 2.24) is 4.98 Å². The first-order valence-corrected chi connectivity index (χ1v) is 7.87. The lowest BCUT2D eigenvalue weighted by atomic mass is 10.1. The molecule has 3 aromatic rings. The van der Waals surface area contributed by atoms with Crippen molar-refractivity contribution in [3.63, 3.8) is 0 Å². The van der Waals surface area contributed by atoms with Gasteiger partial charge in [0.2, 0.25) is 17.5 Å². The highest BCUT2D eigenvalue weighted by Gasteiger charge is 2.10. The lowest BCUT2D eigenvalue weighted by molar-refractivity contribution is 0.558.